The molecule has 4 N–H and O–H groups in total. The highest BCUT2D eigenvalue weighted by Crippen LogP contribution is 2.22. The van der Waals surface area contributed by atoms with E-state index in [4.69, 9.17) is 10.5 Å². The van der Waals surface area contributed by atoms with Crippen LogP contribution >= 0.6 is 0 Å². The van der Waals surface area contributed by atoms with Crippen molar-refractivity contribution < 1.29 is 9.53 Å². The third kappa shape index (κ3) is 6.00. The van der Waals surface area contributed by atoms with Gasteiger partial charge in [0.15, 0.2) is 0 Å². The average Bonchev–Trinajstić information content (AvgIpc) is 2.50. The molecule has 2 aromatic rings. The largest absolute Gasteiger partial charge is 0.457 e. The summed E-state index contributed by atoms with van der Waals surface area (Å²) in [5.74, 6) is 2.24. The van der Waals surface area contributed by atoms with Crippen molar-refractivity contribution in [3.63, 3.8) is 0 Å². The topological polar surface area (TPSA) is 76.4 Å². The Kier molecular flexibility index (Phi) is 6.00. The second kappa shape index (κ2) is 8.19. The number of hydrazine groups is 1. The third-order valence-corrected chi connectivity index (χ3v) is 3.23. The molecule has 0 fully saturated rings. The maximum atomic E-state index is 10.6. The van der Waals surface area contributed by atoms with E-state index >= 15 is 0 Å². The smallest absolute Gasteiger partial charge is 0.326 e. The Morgan fingerprint density at radius 2 is 1.52 bits per heavy atom. The summed E-state index contributed by atoms with van der Waals surface area (Å²) in [4.78, 5) is 10.6. The van der Waals surface area contributed by atoms with Gasteiger partial charge in [-0.3, -0.25) is 5.43 Å². The molecule has 0 saturated carbocycles. The molecule has 2 amide bonds. The Morgan fingerprint density at radius 3 is 2.00 bits per heavy atom. The summed E-state index contributed by atoms with van der Waals surface area (Å²) in [5, 5.41) is 0. The maximum absolute atomic E-state index is 10.6. The first-order chi connectivity index (χ1) is 11.0. The fourth-order valence-corrected chi connectivity index (χ4v) is 2.21. The van der Waals surface area contributed by atoms with Crippen molar-refractivity contribution in [3.05, 3.63) is 59.7 Å². The molecule has 0 aromatic heterocycles. The maximum Gasteiger partial charge on any atom is 0.326 e. The van der Waals surface area contributed by atoms with Gasteiger partial charge in [0.25, 0.3) is 0 Å². The van der Waals surface area contributed by atoms with Crippen LogP contribution in [0.2, 0.25) is 0 Å². The number of nitrogens with one attached hydrogen (secondary N) is 2. The lowest BCUT2D eigenvalue weighted by atomic mass is 10.0. The highest BCUT2D eigenvalue weighted by atomic mass is 16.5. The van der Waals surface area contributed by atoms with Crippen molar-refractivity contribution in [2.45, 2.75) is 26.8 Å². The molecule has 0 aliphatic rings. The molecular weight excluding hydrogens is 290 g/mol. The van der Waals surface area contributed by atoms with Crippen LogP contribution in [0.5, 0.6) is 11.5 Å². The van der Waals surface area contributed by atoms with Crippen LogP contribution < -0.4 is 21.3 Å². The van der Waals surface area contributed by atoms with E-state index in [0.717, 1.165) is 23.5 Å². The summed E-state index contributed by atoms with van der Waals surface area (Å²) >= 11 is 0. The van der Waals surface area contributed by atoms with Crippen LogP contribution in [0.15, 0.2) is 48.5 Å². The van der Waals surface area contributed by atoms with Crippen LogP contribution in [-0.4, -0.2) is 6.03 Å². The molecule has 0 unspecified atom stereocenters. The van der Waals surface area contributed by atoms with Crippen LogP contribution in [0.1, 0.15) is 25.0 Å². The zero-order valence-electron chi connectivity index (χ0n) is 13.5. The fourth-order valence-electron chi connectivity index (χ4n) is 2.21. The zero-order valence-corrected chi connectivity index (χ0v) is 13.5. The summed E-state index contributed by atoms with van der Waals surface area (Å²) in [6, 6.07) is 15.2. The van der Waals surface area contributed by atoms with E-state index in [9.17, 15) is 4.79 Å². The van der Waals surface area contributed by atoms with Gasteiger partial charge < -0.3 is 10.5 Å². The molecule has 0 aliphatic heterocycles. The van der Waals surface area contributed by atoms with Gasteiger partial charge in [-0.05, 0) is 47.7 Å². The van der Waals surface area contributed by atoms with E-state index in [0.29, 0.717) is 12.5 Å². The molecule has 5 nitrogen and oxygen atoms in total. The summed E-state index contributed by atoms with van der Waals surface area (Å²) in [5.41, 5.74) is 12.4. The van der Waals surface area contributed by atoms with Gasteiger partial charge >= 0.3 is 6.03 Å². The summed E-state index contributed by atoms with van der Waals surface area (Å²) in [6.07, 6.45) is 1.07. The number of carbonyl (C=O) groups is 1. The number of hydrogen-bond donors (Lipinski definition) is 3. The average molecular weight is 313 g/mol. The number of primary amides is 1. The lowest BCUT2D eigenvalue weighted by Gasteiger charge is -2.09. The van der Waals surface area contributed by atoms with Crippen LogP contribution in [0.3, 0.4) is 0 Å². The number of ether oxygens (including phenoxy) is 1. The minimum atomic E-state index is -0.606. The van der Waals surface area contributed by atoms with E-state index in [1.165, 1.54) is 5.56 Å². The number of carbonyl (C=O) groups excluding carboxylic acids is 1. The minimum Gasteiger partial charge on any atom is -0.457 e. The summed E-state index contributed by atoms with van der Waals surface area (Å²) < 4.78 is 5.83. The lowest BCUT2D eigenvalue weighted by molar-refractivity contribution is 0.244. The molecule has 0 saturated heterocycles. The van der Waals surface area contributed by atoms with Gasteiger partial charge in [-0.25, -0.2) is 10.2 Å². The van der Waals surface area contributed by atoms with Gasteiger partial charge in [0.1, 0.15) is 11.5 Å². The van der Waals surface area contributed by atoms with Crippen molar-refractivity contribution in [1.29, 1.82) is 0 Å². The van der Waals surface area contributed by atoms with E-state index < -0.39 is 6.03 Å². The predicted molar refractivity (Wildman–Crippen MR) is 91.1 cm³/mol. The first-order valence-electron chi connectivity index (χ1n) is 7.67. The van der Waals surface area contributed by atoms with Crippen LogP contribution in [0, 0.1) is 5.92 Å². The van der Waals surface area contributed by atoms with Crippen LogP contribution in [-0.2, 0) is 13.0 Å². The molecule has 2 aromatic carbocycles. The Labute approximate surface area is 136 Å². The Bertz CT molecular complexity index is 622. The molecule has 0 heterocycles. The van der Waals surface area contributed by atoms with Gasteiger partial charge in [-0.1, -0.05) is 38.1 Å². The first kappa shape index (κ1) is 16.8. The van der Waals surface area contributed by atoms with Crippen LogP contribution in [0.4, 0.5) is 4.79 Å². The molecule has 0 aliphatic carbocycles. The molecule has 2 rings (SSSR count). The third-order valence-electron chi connectivity index (χ3n) is 3.23. The van der Waals surface area contributed by atoms with Gasteiger partial charge in [0, 0.05) is 6.54 Å². The molecule has 23 heavy (non-hydrogen) atoms. The highest BCUT2D eigenvalue weighted by Gasteiger charge is 2.01. The van der Waals surface area contributed by atoms with Crippen molar-refractivity contribution in [3.8, 4) is 11.5 Å². The number of amides is 2. The quantitative estimate of drug-likeness (QED) is 0.686. The normalized spacial score (nSPS) is 10.6. The lowest BCUT2D eigenvalue weighted by Crippen LogP contribution is -2.40. The molecule has 0 bridgehead atoms. The number of nitrogens with two attached hydrogens (primary N) is 1. The van der Waals surface area contributed by atoms with Crippen molar-refractivity contribution in [2.75, 3.05) is 0 Å². The predicted octanol–water partition coefficient (Wildman–Crippen LogP) is 3.35. The summed E-state index contributed by atoms with van der Waals surface area (Å²) in [6.45, 7) is 4.91. The number of hydrogen-bond acceptors (Lipinski definition) is 3. The van der Waals surface area contributed by atoms with E-state index in [1.807, 2.05) is 36.4 Å². The van der Waals surface area contributed by atoms with Gasteiger partial charge in [-0.2, -0.15) is 0 Å². The monoisotopic (exact) mass is 313 g/mol. The second-order valence-electron chi connectivity index (χ2n) is 5.83. The molecule has 0 spiro atoms. The van der Waals surface area contributed by atoms with Gasteiger partial charge in [0.05, 0.1) is 0 Å². The van der Waals surface area contributed by atoms with E-state index in [-0.39, 0.29) is 0 Å². The van der Waals surface area contributed by atoms with Gasteiger partial charge in [0.2, 0.25) is 0 Å². The highest BCUT2D eigenvalue weighted by molar-refractivity contribution is 5.70. The van der Waals surface area contributed by atoms with Crippen molar-refractivity contribution >= 4 is 6.03 Å². The van der Waals surface area contributed by atoms with Gasteiger partial charge in [-0.15, -0.1) is 0 Å². The number of urea groups is 1. The standard InChI is InChI=1S/C18H23N3O2/c1-13(2)11-14-3-7-16(8-4-14)23-17-9-5-15(6-10-17)12-20-21-18(19)22/h3-10,13,20H,11-12H2,1-2H3,(H3,19,21,22). The van der Waals surface area contributed by atoms with Crippen LogP contribution in [0.25, 0.3) is 0 Å². The number of rotatable bonds is 7. The van der Waals surface area contributed by atoms with E-state index in [1.54, 1.807) is 0 Å². The molecule has 122 valence electrons. The number of benzene rings is 2. The molecular formula is C18H23N3O2. The summed E-state index contributed by atoms with van der Waals surface area (Å²) in [7, 11) is 0. The molecule has 5 heteroatoms. The second-order valence-corrected chi connectivity index (χ2v) is 5.83. The first-order valence-corrected chi connectivity index (χ1v) is 7.67. The SMILES string of the molecule is CC(C)Cc1ccc(Oc2ccc(CNNC(N)=O)cc2)cc1. The fraction of sp³-hybridized carbons (Fsp3) is 0.278. The Balaban J connectivity index is 1.89. The molecule has 0 radical (unpaired) electrons. The Morgan fingerprint density at radius 1 is 1.00 bits per heavy atom. The van der Waals surface area contributed by atoms with E-state index in [2.05, 4.69) is 36.8 Å². The Hall–Kier alpha value is -2.53. The van der Waals surface area contributed by atoms with Crippen molar-refractivity contribution in [1.82, 2.24) is 10.9 Å². The zero-order chi connectivity index (χ0) is 16.7. The van der Waals surface area contributed by atoms with Crippen molar-refractivity contribution in [2.24, 2.45) is 11.7 Å². The molecule has 0 atom stereocenters. The minimum absolute atomic E-state index is 0.493.